The monoisotopic (exact) mass is 2090 g/mol. The Balaban J connectivity index is 0.000000160. The quantitative estimate of drug-likeness (QED) is 0.0196. The molecule has 9 fully saturated rings. The summed E-state index contributed by atoms with van der Waals surface area (Å²) >= 11 is 6.89. The number of methoxy groups -OCH3 is 2. The second-order valence-electron chi connectivity index (χ2n) is 42.5. The van der Waals surface area contributed by atoms with Crippen LogP contribution in [0.5, 0.6) is 17.2 Å². The van der Waals surface area contributed by atoms with Gasteiger partial charge in [0.2, 0.25) is 35.4 Å². The molecule has 6 N–H and O–H groups in total. The Kier molecular flexibility index (Phi) is 36.2. The van der Waals surface area contributed by atoms with Gasteiger partial charge in [-0.3, -0.25) is 73.8 Å². The Morgan fingerprint density at radius 1 is 0.367 bits per heavy atom. The third-order valence-corrected chi connectivity index (χ3v) is 33.2. The van der Waals surface area contributed by atoms with E-state index in [1.165, 1.54) is 39.8 Å². The van der Waals surface area contributed by atoms with Crippen LogP contribution in [0.2, 0.25) is 5.02 Å². The van der Waals surface area contributed by atoms with Gasteiger partial charge in [-0.05, 0) is 389 Å². The highest BCUT2D eigenvalue weighted by Crippen LogP contribution is 2.43. The molecule has 9 aromatic rings. The molecule has 12 heterocycles. The summed E-state index contributed by atoms with van der Waals surface area (Å²) in [6.45, 7) is 25.4. The van der Waals surface area contributed by atoms with Gasteiger partial charge < -0.3 is 58.6 Å². The Morgan fingerprint density at radius 2 is 0.707 bits per heavy atom. The third kappa shape index (κ3) is 27.2. The number of carbonyl (C=O) groups excluding carboxylic acids is 6. The summed E-state index contributed by atoms with van der Waals surface area (Å²) in [5, 5.41) is 16.8. The number of alkyl halides is 3. The van der Waals surface area contributed by atoms with Crippen molar-refractivity contribution in [2.24, 2.45) is 33.0 Å². The normalized spacial score (nSPS) is 20.0. The van der Waals surface area contributed by atoms with Crippen molar-refractivity contribution in [3.05, 3.63) is 242 Å². The van der Waals surface area contributed by atoms with Crippen LogP contribution in [0.15, 0.2) is 130 Å². The van der Waals surface area contributed by atoms with E-state index in [1.807, 2.05) is 69.4 Å². The van der Waals surface area contributed by atoms with Gasteiger partial charge in [-0.25, -0.2) is 17.6 Å². The number of rotatable bonds is 28. The van der Waals surface area contributed by atoms with Gasteiger partial charge in [0.15, 0.2) is 0 Å². The van der Waals surface area contributed by atoms with Crippen molar-refractivity contribution in [3.8, 4) is 50.6 Å². The van der Waals surface area contributed by atoms with Gasteiger partial charge in [-0.1, -0.05) is 41.9 Å². The molecular formula is C115H141ClF7N15O12. The molecule has 0 radical (unpaired) electrons. The number of halogens is 8. The molecule has 6 amide bonds. The van der Waals surface area contributed by atoms with Crippen molar-refractivity contribution < 1.29 is 73.7 Å². The van der Waals surface area contributed by atoms with Crippen LogP contribution in [0.3, 0.4) is 0 Å². The molecule has 35 heteroatoms. The maximum Gasteiger partial charge on any atom is 0.573 e. The standard InChI is InChI=1S/C39H49ClFN5O4.C39H47F4N5O4.C37H45F2N5O4/c1-24-25(2)39(49)44(3)22-31(24)28-19-33(40)32(36(20-28)50-4)23-46-15-10-26(11-16-46)9-14-45-17-12-27(13-18-45)30-6-5-29(21-34(30)41)42-35-7-8-37(47)43-38(35)48;1-24-25(2)38(51)46(3)23-32(24)28-4-5-29(35(20-28)52-39(41,42)43)22-48-16-11-26(12-17-48)10-15-47-18-13-27(14-19-47)31-7-6-30(21-33(31)40)44-34-8-9-36(49)45-37(34)50;1-22-23(2)37(47)42(3)20-29(22)25-17-31(38)30(34(18-25)48-4)21-43-13-11-27(12-14-43)44-15-9-24(10-16-44)28-6-5-26(19-32(28)39)40-33-7-8-35(45)41-36(33)46/h5-6,19-22,26-27,35,42H,7-18,23H2,1-4H3,(H,43,47,48);4-7,20-21,23,26-27,34,44H,8-19,22H2,1-3H3,(H,45,49,50);5-6,17-20,24,27,33,40H,7-16,21H2,1-4H3,(H,41,45,46). The topological polar surface area (TPSA) is 288 Å². The minimum absolute atomic E-state index is 0.00728. The lowest BCUT2D eigenvalue weighted by atomic mass is 9.87. The number of amides is 6. The van der Waals surface area contributed by atoms with Gasteiger partial charge in [0.05, 0.1) is 14.2 Å². The fraction of sp³-hybridized carbons (Fsp3) is 0.504. The zero-order chi connectivity index (χ0) is 107. The summed E-state index contributed by atoms with van der Waals surface area (Å²) in [5.41, 5.74) is 14.7. The number of benzene rings is 6. The molecule has 6 aromatic carbocycles. The van der Waals surface area contributed by atoms with Crippen LogP contribution < -0.4 is 62.8 Å². The van der Waals surface area contributed by atoms with E-state index in [9.17, 15) is 56.3 Å². The summed E-state index contributed by atoms with van der Waals surface area (Å²) < 4.78 is 122. The SMILES string of the molecule is COc1cc(-c2cn(C)c(=O)c(C)c2C)cc(Cl)c1CN1CCC(CCN2CCC(c3ccc(NC4CCC(=O)NC4=O)cc3F)CC2)CC1.COc1cc(-c2cn(C)c(=O)c(C)c2C)cc(F)c1CN1CCC(N2CCC(c3ccc(NC4CCC(=O)NC4=O)cc3F)CC2)CC1.Cc1c(-c2ccc(CN3CCC(CCN4CCC(c5ccc(NC6CCC(=O)NC6=O)cc5F)CC4)CC3)c(OC(F)(F)F)c2)cn(C)c(=O)c1C. The fourth-order valence-corrected chi connectivity index (χ4v) is 23.5. The lowest BCUT2D eigenvalue weighted by Crippen LogP contribution is -2.47. The molecule has 18 rings (SSSR count). The number of pyridine rings is 3. The molecule has 9 aliphatic rings. The smallest absolute Gasteiger partial charge is 0.496 e. The van der Waals surface area contributed by atoms with Crippen molar-refractivity contribution in [3.63, 3.8) is 0 Å². The number of hydrogen-bond donors (Lipinski definition) is 6. The van der Waals surface area contributed by atoms with Crippen molar-refractivity contribution in [1.29, 1.82) is 0 Å². The third-order valence-electron chi connectivity index (χ3n) is 32.9. The minimum Gasteiger partial charge on any atom is -0.496 e. The molecule has 9 aliphatic heterocycles. The van der Waals surface area contributed by atoms with Gasteiger partial charge in [0.25, 0.3) is 16.7 Å². The van der Waals surface area contributed by atoms with E-state index in [0.29, 0.717) is 128 Å². The molecule has 0 saturated carbocycles. The molecule has 804 valence electrons. The fourth-order valence-electron chi connectivity index (χ4n) is 23.3. The number of piperidine rings is 9. The minimum atomic E-state index is -4.83. The lowest BCUT2D eigenvalue weighted by Gasteiger charge is -2.42. The van der Waals surface area contributed by atoms with Crippen molar-refractivity contribution in [2.45, 2.75) is 238 Å². The van der Waals surface area contributed by atoms with Gasteiger partial charge in [0, 0.05) is 157 Å². The number of nitrogens with one attached hydrogen (secondary N) is 6. The summed E-state index contributed by atoms with van der Waals surface area (Å²) in [5.74, 6) is -0.357. The van der Waals surface area contributed by atoms with E-state index in [2.05, 4.69) is 66.0 Å². The molecule has 3 unspecified atom stereocenters. The number of carbonyl (C=O) groups is 6. The molecule has 150 heavy (non-hydrogen) atoms. The second kappa shape index (κ2) is 49.1. The van der Waals surface area contributed by atoms with E-state index in [0.717, 1.165) is 237 Å². The summed E-state index contributed by atoms with van der Waals surface area (Å²) in [6.07, 6.45) is 16.1. The highest BCUT2D eigenvalue weighted by atomic mass is 35.5. The van der Waals surface area contributed by atoms with Crippen LogP contribution >= 0.6 is 11.6 Å². The van der Waals surface area contributed by atoms with Crippen LogP contribution in [-0.2, 0) is 69.5 Å². The number of ether oxygens (including phenoxy) is 3. The van der Waals surface area contributed by atoms with Gasteiger partial charge in [-0.15, -0.1) is 13.2 Å². The molecule has 3 aromatic heterocycles. The second-order valence-corrected chi connectivity index (χ2v) is 42.9. The Bertz CT molecular complexity index is 6650. The van der Waals surface area contributed by atoms with Crippen LogP contribution in [0, 0.1) is 76.6 Å². The molecule has 0 spiro atoms. The number of anilines is 3. The molecule has 3 atom stereocenters. The maximum atomic E-state index is 15.6. The molecule has 9 saturated heterocycles. The Labute approximate surface area is 877 Å². The average Bonchev–Trinajstić information content (AvgIpc) is 0.782. The van der Waals surface area contributed by atoms with Gasteiger partial charge >= 0.3 is 6.36 Å². The predicted molar refractivity (Wildman–Crippen MR) is 567 cm³/mol. The molecular weight excluding hydrogens is 1950 g/mol. The number of imide groups is 3. The largest absolute Gasteiger partial charge is 0.573 e. The zero-order valence-electron chi connectivity index (χ0n) is 87.8. The van der Waals surface area contributed by atoms with E-state index < -0.39 is 24.5 Å². The van der Waals surface area contributed by atoms with Crippen LogP contribution in [-0.4, -0.2) is 215 Å². The van der Waals surface area contributed by atoms with Crippen LogP contribution in [0.1, 0.15) is 213 Å². The number of likely N-dealkylation sites (tertiary alicyclic amines) is 6. The molecule has 0 aliphatic carbocycles. The average molecular weight is 2090 g/mol. The Hall–Kier alpha value is -12.1. The number of aromatic nitrogens is 3. The van der Waals surface area contributed by atoms with Crippen molar-refractivity contribution >= 4 is 64.1 Å². The number of hydrogen-bond acceptors (Lipinski definition) is 21. The number of nitrogens with zero attached hydrogens (tertiary/aromatic N) is 9. The zero-order valence-corrected chi connectivity index (χ0v) is 88.5. The first kappa shape index (κ1) is 111. The first-order chi connectivity index (χ1) is 71.7. The van der Waals surface area contributed by atoms with Crippen LogP contribution in [0.4, 0.5) is 47.8 Å². The summed E-state index contributed by atoms with van der Waals surface area (Å²) in [6, 6.07) is 26.5. The van der Waals surface area contributed by atoms with Crippen molar-refractivity contribution in [2.75, 3.05) is 122 Å². The molecule has 0 bridgehead atoms. The van der Waals surface area contributed by atoms with E-state index >= 15 is 17.6 Å². The van der Waals surface area contributed by atoms with E-state index in [-0.39, 0.29) is 118 Å². The van der Waals surface area contributed by atoms with E-state index in [1.54, 1.807) is 103 Å². The lowest BCUT2D eigenvalue weighted by molar-refractivity contribution is -0.275. The number of aryl methyl sites for hydroxylation is 3. The van der Waals surface area contributed by atoms with Gasteiger partial charge in [-0.2, -0.15) is 0 Å². The van der Waals surface area contributed by atoms with E-state index in [4.69, 9.17) is 21.1 Å². The van der Waals surface area contributed by atoms with Gasteiger partial charge in [0.1, 0.15) is 58.6 Å². The molecule has 27 nitrogen and oxygen atoms in total. The predicted octanol–water partition coefficient (Wildman–Crippen LogP) is 17.6. The first-order valence-corrected chi connectivity index (χ1v) is 53.3. The Morgan fingerprint density at radius 3 is 1.08 bits per heavy atom. The summed E-state index contributed by atoms with van der Waals surface area (Å²) in [7, 11) is 8.35. The summed E-state index contributed by atoms with van der Waals surface area (Å²) in [4.78, 5) is 122. The highest BCUT2D eigenvalue weighted by Gasteiger charge is 2.38. The van der Waals surface area contributed by atoms with Crippen molar-refractivity contribution in [1.82, 2.24) is 59.1 Å². The van der Waals surface area contributed by atoms with Crippen LogP contribution in [0.25, 0.3) is 33.4 Å². The highest BCUT2D eigenvalue weighted by molar-refractivity contribution is 6.32. The first-order valence-electron chi connectivity index (χ1n) is 52.9. The maximum absolute atomic E-state index is 15.6.